The highest BCUT2D eigenvalue weighted by atomic mass is 16.6. The predicted octanol–water partition coefficient (Wildman–Crippen LogP) is 3.57. The van der Waals surface area contributed by atoms with Crippen LogP contribution in [0.3, 0.4) is 0 Å². The van der Waals surface area contributed by atoms with Crippen LogP contribution < -0.4 is 4.74 Å². The summed E-state index contributed by atoms with van der Waals surface area (Å²) in [7, 11) is 1.64. The first kappa shape index (κ1) is 15.8. The smallest absolute Gasteiger partial charge is 0.338 e. The molecule has 1 aliphatic heterocycles. The molecule has 0 bridgehead atoms. The highest BCUT2D eigenvalue weighted by Crippen LogP contribution is 2.41. The average Bonchev–Trinajstić information content (AvgIpc) is 3.27. The lowest BCUT2D eigenvalue weighted by Crippen LogP contribution is -2.13. The Hall–Kier alpha value is -1.55. The summed E-state index contributed by atoms with van der Waals surface area (Å²) in [6, 6.07) is 5.79. The van der Waals surface area contributed by atoms with E-state index in [1.165, 1.54) is 12.8 Å². The highest BCUT2D eigenvalue weighted by Gasteiger charge is 2.48. The van der Waals surface area contributed by atoms with Crippen LogP contribution >= 0.6 is 0 Å². The van der Waals surface area contributed by atoms with Crippen LogP contribution in [0.15, 0.2) is 18.2 Å². The van der Waals surface area contributed by atoms with E-state index in [1.54, 1.807) is 7.11 Å². The molecule has 0 saturated carbocycles. The van der Waals surface area contributed by atoms with Crippen molar-refractivity contribution in [1.82, 2.24) is 0 Å². The van der Waals surface area contributed by atoms with Crippen molar-refractivity contribution in [1.29, 1.82) is 0 Å². The second-order valence-electron chi connectivity index (χ2n) is 5.43. The van der Waals surface area contributed by atoms with Crippen LogP contribution in [0.25, 0.3) is 0 Å². The number of benzene rings is 1. The third-order valence-electron chi connectivity index (χ3n) is 3.75. The Labute approximate surface area is 126 Å². The molecule has 1 aliphatic rings. The number of epoxide rings is 1. The fourth-order valence-electron chi connectivity index (χ4n) is 2.41. The van der Waals surface area contributed by atoms with E-state index in [1.807, 2.05) is 25.1 Å². The molecule has 1 aromatic carbocycles. The first-order valence-corrected chi connectivity index (χ1v) is 7.64. The van der Waals surface area contributed by atoms with Crippen LogP contribution in [0.2, 0.25) is 0 Å². The Morgan fingerprint density at radius 1 is 1.29 bits per heavy atom. The summed E-state index contributed by atoms with van der Waals surface area (Å²) in [5.74, 6) is 0.568. The molecule has 21 heavy (non-hydrogen) atoms. The molecule has 4 heteroatoms. The van der Waals surface area contributed by atoms with Gasteiger partial charge in [0.15, 0.2) is 6.10 Å². The summed E-state index contributed by atoms with van der Waals surface area (Å²) in [4.78, 5) is 11.9. The van der Waals surface area contributed by atoms with Gasteiger partial charge < -0.3 is 14.2 Å². The minimum atomic E-state index is -0.441. The standard InChI is InChI=1S/C17H24O4/c1-4-5-6-7-10-20-17(18)16-15(21-16)14-9-8-13(19-3)11-12(14)2/h8-9,11,15-16H,4-7,10H2,1-3H3. The molecule has 116 valence electrons. The van der Waals surface area contributed by atoms with Gasteiger partial charge in [-0.3, -0.25) is 0 Å². The monoisotopic (exact) mass is 292 g/mol. The molecule has 1 heterocycles. The van der Waals surface area contributed by atoms with Crippen molar-refractivity contribution in [3.8, 4) is 5.75 Å². The number of carbonyl (C=O) groups excluding carboxylic acids is 1. The third kappa shape index (κ3) is 4.21. The van der Waals surface area contributed by atoms with Crippen molar-refractivity contribution in [2.24, 2.45) is 0 Å². The number of esters is 1. The van der Waals surface area contributed by atoms with Crippen molar-refractivity contribution in [3.05, 3.63) is 29.3 Å². The number of unbranched alkanes of at least 4 members (excludes halogenated alkanes) is 3. The van der Waals surface area contributed by atoms with Gasteiger partial charge in [-0.2, -0.15) is 0 Å². The average molecular weight is 292 g/mol. The Morgan fingerprint density at radius 3 is 2.76 bits per heavy atom. The molecule has 1 saturated heterocycles. The Bertz CT molecular complexity index is 484. The predicted molar refractivity (Wildman–Crippen MR) is 80.4 cm³/mol. The van der Waals surface area contributed by atoms with Gasteiger partial charge in [0.25, 0.3) is 0 Å². The quantitative estimate of drug-likeness (QED) is 0.417. The Kier molecular flexibility index (Phi) is 5.62. The van der Waals surface area contributed by atoms with E-state index in [0.29, 0.717) is 6.61 Å². The highest BCUT2D eigenvalue weighted by molar-refractivity contribution is 5.78. The normalized spacial score (nSPS) is 20.1. The molecule has 2 unspecified atom stereocenters. The van der Waals surface area contributed by atoms with Gasteiger partial charge in [0.05, 0.1) is 13.7 Å². The van der Waals surface area contributed by atoms with Crippen LogP contribution in [-0.4, -0.2) is 25.8 Å². The lowest BCUT2D eigenvalue weighted by Gasteiger charge is -2.06. The second kappa shape index (κ2) is 7.46. The second-order valence-corrected chi connectivity index (χ2v) is 5.43. The third-order valence-corrected chi connectivity index (χ3v) is 3.75. The van der Waals surface area contributed by atoms with E-state index < -0.39 is 6.10 Å². The van der Waals surface area contributed by atoms with E-state index in [4.69, 9.17) is 14.2 Å². The van der Waals surface area contributed by atoms with Crippen LogP contribution in [0, 0.1) is 6.92 Å². The molecule has 2 rings (SSSR count). The van der Waals surface area contributed by atoms with Crippen LogP contribution in [0.1, 0.15) is 49.8 Å². The van der Waals surface area contributed by atoms with Crippen molar-refractivity contribution >= 4 is 5.97 Å². The first-order valence-electron chi connectivity index (χ1n) is 7.64. The molecule has 0 aliphatic carbocycles. The molecular formula is C17H24O4. The van der Waals surface area contributed by atoms with Gasteiger partial charge in [0.2, 0.25) is 0 Å². The van der Waals surface area contributed by atoms with Gasteiger partial charge in [0, 0.05) is 0 Å². The number of rotatable bonds is 8. The number of ether oxygens (including phenoxy) is 3. The van der Waals surface area contributed by atoms with E-state index in [-0.39, 0.29) is 12.1 Å². The molecule has 0 aromatic heterocycles. The summed E-state index contributed by atoms with van der Waals surface area (Å²) < 4.78 is 15.9. The van der Waals surface area contributed by atoms with Crippen LogP contribution in [-0.2, 0) is 14.3 Å². The molecule has 0 spiro atoms. The fourth-order valence-corrected chi connectivity index (χ4v) is 2.41. The van der Waals surface area contributed by atoms with Crippen molar-refractivity contribution in [2.75, 3.05) is 13.7 Å². The van der Waals surface area contributed by atoms with Crippen molar-refractivity contribution < 1.29 is 19.0 Å². The fraction of sp³-hybridized carbons (Fsp3) is 0.588. The van der Waals surface area contributed by atoms with Crippen molar-refractivity contribution in [3.63, 3.8) is 0 Å². The summed E-state index contributed by atoms with van der Waals surface area (Å²) >= 11 is 0. The maximum Gasteiger partial charge on any atom is 0.338 e. The van der Waals surface area contributed by atoms with Gasteiger partial charge in [-0.25, -0.2) is 4.79 Å². The molecule has 0 radical (unpaired) electrons. The number of methoxy groups -OCH3 is 1. The van der Waals surface area contributed by atoms with Crippen LogP contribution in [0.5, 0.6) is 5.75 Å². The largest absolute Gasteiger partial charge is 0.497 e. The number of hydrogen-bond donors (Lipinski definition) is 0. The molecule has 0 N–H and O–H groups in total. The van der Waals surface area contributed by atoms with Gasteiger partial charge in [0.1, 0.15) is 11.9 Å². The van der Waals surface area contributed by atoms with Gasteiger partial charge in [-0.1, -0.05) is 32.3 Å². The topological polar surface area (TPSA) is 48.1 Å². The zero-order valence-corrected chi connectivity index (χ0v) is 13.1. The summed E-state index contributed by atoms with van der Waals surface area (Å²) in [5.41, 5.74) is 2.10. The molecule has 0 amide bonds. The summed E-state index contributed by atoms with van der Waals surface area (Å²) in [6.07, 6.45) is 3.79. The summed E-state index contributed by atoms with van der Waals surface area (Å²) in [5, 5.41) is 0. The van der Waals surface area contributed by atoms with Gasteiger partial charge in [-0.15, -0.1) is 0 Å². The van der Waals surface area contributed by atoms with E-state index in [0.717, 1.165) is 29.7 Å². The zero-order valence-electron chi connectivity index (χ0n) is 13.1. The number of aryl methyl sites for hydroxylation is 1. The lowest BCUT2D eigenvalue weighted by atomic mass is 10.0. The van der Waals surface area contributed by atoms with Gasteiger partial charge >= 0.3 is 5.97 Å². The minimum absolute atomic E-state index is 0.168. The van der Waals surface area contributed by atoms with E-state index >= 15 is 0 Å². The molecule has 1 aromatic rings. The minimum Gasteiger partial charge on any atom is -0.497 e. The molecular weight excluding hydrogens is 268 g/mol. The molecule has 4 nitrogen and oxygen atoms in total. The SMILES string of the molecule is CCCCCCOC(=O)C1OC1c1ccc(OC)cc1C. The maximum absolute atomic E-state index is 11.9. The van der Waals surface area contributed by atoms with E-state index in [2.05, 4.69) is 6.92 Å². The summed E-state index contributed by atoms with van der Waals surface area (Å²) in [6.45, 7) is 4.64. The Balaban J connectivity index is 1.80. The Morgan fingerprint density at radius 2 is 2.10 bits per heavy atom. The zero-order chi connectivity index (χ0) is 15.2. The van der Waals surface area contributed by atoms with Gasteiger partial charge in [-0.05, 0) is 36.6 Å². The number of hydrogen-bond acceptors (Lipinski definition) is 4. The molecule has 2 atom stereocenters. The van der Waals surface area contributed by atoms with E-state index in [9.17, 15) is 4.79 Å². The maximum atomic E-state index is 11.9. The number of carbonyl (C=O) groups is 1. The first-order chi connectivity index (χ1) is 10.2. The van der Waals surface area contributed by atoms with Crippen LogP contribution in [0.4, 0.5) is 0 Å². The van der Waals surface area contributed by atoms with Crippen molar-refractivity contribution in [2.45, 2.75) is 51.7 Å². The lowest BCUT2D eigenvalue weighted by molar-refractivity contribution is -0.145. The molecule has 1 fully saturated rings.